The molecule has 0 amide bonds. The van der Waals surface area contributed by atoms with Crippen molar-refractivity contribution in [3.05, 3.63) is 0 Å². The van der Waals surface area contributed by atoms with Gasteiger partial charge in [-0.2, -0.15) is 0 Å². The van der Waals surface area contributed by atoms with Gasteiger partial charge in [-0.05, 0) is 0 Å². The fraction of sp³-hybridized carbons (Fsp3) is 0.769. The molecular formula is C13H23NO4. The summed E-state index contributed by atoms with van der Waals surface area (Å²) in [6.07, 6.45) is 0.0496. The van der Waals surface area contributed by atoms with E-state index >= 15 is 0 Å². The van der Waals surface area contributed by atoms with Crippen LogP contribution in [0.15, 0.2) is 0 Å². The van der Waals surface area contributed by atoms with Crippen molar-refractivity contribution in [2.75, 3.05) is 0 Å². The highest BCUT2D eigenvalue weighted by Crippen LogP contribution is 2.06. The number of nitrogens with one attached hydrogen (secondary N) is 1. The number of aliphatic carboxylic acids is 1. The molecule has 0 aromatic carbocycles. The van der Waals surface area contributed by atoms with Gasteiger partial charge in [0.25, 0.3) is 0 Å². The largest absolute Gasteiger partial charge is 0.481 e. The molecule has 0 aromatic heterocycles. The molecule has 0 saturated heterocycles. The lowest BCUT2D eigenvalue weighted by Crippen LogP contribution is -2.42. The Morgan fingerprint density at radius 2 is 1.50 bits per heavy atom. The van der Waals surface area contributed by atoms with Crippen molar-refractivity contribution in [1.29, 1.82) is 0 Å². The van der Waals surface area contributed by atoms with Crippen LogP contribution in [0.25, 0.3) is 0 Å². The molecule has 0 saturated carbocycles. The molecule has 0 aromatic rings. The zero-order valence-electron chi connectivity index (χ0n) is 11.5. The van der Waals surface area contributed by atoms with E-state index in [1.807, 2.05) is 13.8 Å². The molecule has 0 aliphatic carbocycles. The molecular weight excluding hydrogens is 234 g/mol. The van der Waals surface area contributed by atoms with Crippen LogP contribution in [-0.2, 0) is 14.4 Å². The van der Waals surface area contributed by atoms with Crippen LogP contribution in [0.4, 0.5) is 0 Å². The average molecular weight is 257 g/mol. The highest BCUT2D eigenvalue weighted by atomic mass is 16.4. The molecule has 5 nitrogen and oxygen atoms in total. The Labute approximate surface area is 108 Å². The van der Waals surface area contributed by atoms with Crippen LogP contribution in [0, 0.1) is 5.92 Å². The van der Waals surface area contributed by atoms with Crippen molar-refractivity contribution >= 4 is 17.5 Å². The normalized spacial score (nSPS) is 12.8. The van der Waals surface area contributed by atoms with Gasteiger partial charge in [0.05, 0.1) is 12.5 Å². The van der Waals surface area contributed by atoms with Gasteiger partial charge in [-0.3, -0.25) is 14.4 Å². The van der Waals surface area contributed by atoms with Gasteiger partial charge in [0.15, 0.2) is 5.78 Å². The molecule has 18 heavy (non-hydrogen) atoms. The smallest absolute Gasteiger partial charge is 0.305 e. The SMILES string of the molecule is CC(C)N[C@H](CC(=O)O)C(=O)CCC(=O)C(C)C. The molecule has 0 rings (SSSR count). The summed E-state index contributed by atoms with van der Waals surface area (Å²) in [5.74, 6) is -1.28. The van der Waals surface area contributed by atoms with Gasteiger partial charge in [-0.25, -0.2) is 0 Å². The predicted molar refractivity (Wildman–Crippen MR) is 68.4 cm³/mol. The molecule has 0 heterocycles. The van der Waals surface area contributed by atoms with E-state index in [0.29, 0.717) is 0 Å². The molecule has 0 aliphatic heterocycles. The third-order valence-electron chi connectivity index (χ3n) is 2.56. The monoisotopic (exact) mass is 257 g/mol. The van der Waals surface area contributed by atoms with Gasteiger partial charge in [-0.1, -0.05) is 27.7 Å². The average Bonchev–Trinajstić information content (AvgIpc) is 2.22. The van der Waals surface area contributed by atoms with Crippen molar-refractivity contribution in [3.63, 3.8) is 0 Å². The minimum Gasteiger partial charge on any atom is -0.481 e. The summed E-state index contributed by atoms with van der Waals surface area (Å²) in [5.41, 5.74) is 0. The van der Waals surface area contributed by atoms with Crippen molar-refractivity contribution in [2.45, 2.75) is 59.0 Å². The van der Waals surface area contributed by atoms with Gasteiger partial charge in [-0.15, -0.1) is 0 Å². The Balaban J connectivity index is 4.37. The second kappa shape index (κ2) is 7.97. The summed E-state index contributed by atoms with van der Waals surface area (Å²) in [6.45, 7) is 7.27. The van der Waals surface area contributed by atoms with E-state index in [9.17, 15) is 14.4 Å². The van der Waals surface area contributed by atoms with Gasteiger partial charge < -0.3 is 10.4 Å². The zero-order chi connectivity index (χ0) is 14.3. The lowest BCUT2D eigenvalue weighted by Gasteiger charge is -2.18. The van der Waals surface area contributed by atoms with Crippen molar-refractivity contribution < 1.29 is 19.5 Å². The summed E-state index contributed by atoms with van der Waals surface area (Å²) in [6, 6.07) is -0.679. The number of carboxylic acid groups (broad SMARTS) is 1. The minimum absolute atomic E-state index is 0.0269. The number of ketones is 2. The number of carboxylic acids is 1. The number of carbonyl (C=O) groups is 3. The highest BCUT2D eigenvalue weighted by molar-refractivity contribution is 5.91. The first-order valence-corrected chi connectivity index (χ1v) is 6.27. The van der Waals surface area contributed by atoms with E-state index in [0.717, 1.165) is 0 Å². The van der Waals surface area contributed by atoms with Gasteiger partial charge in [0, 0.05) is 24.8 Å². The third kappa shape index (κ3) is 7.17. The fourth-order valence-electron chi connectivity index (χ4n) is 1.55. The molecule has 0 bridgehead atoms. The minimum atomic E-state index is -1.02. The molecule has 104 valence electrons. The van der Waals surface area contributed by atoms with Gasteiger partial charge >= 0.3 is 5.97 Å². The van der Waals surface area contributed by atoms with Crippen LogP contribution in [0.5, 0.6) is 0 Å². The molecule has 0 fully saturated rings. The fourth-order valence-corrected chi connectivity index (χ4v) is 1.55. The Kier molecular flexibility index (Phi) is 7.43. The standard InChI is InChI=1S/C13H23NO4/c1-8(2)11(15)5-6-12(16)10(7-13(17)18)14-9(3)4/h8-10,14H,5-7H2,1-4H3,(H,17,18)/t10-/m1/s1. The third-order valence-corrected chi connectivity index (χ3v) is 2.56. The summed E-state index contributed by atoms with van der Waals surface area (Å²) in [5, 5.41) is 11.7. The van der Waals surface area contributed by atoms with E-state index in [-0.39, 0.29) is 42.8 Å². The first-order chi connectivity index (χ1) is 8.23. The maximum Gasteiger partial charge on any atom is 0.305 e. The Morgan fingerprint density at radius 3 is 1.89 bits per heavy atom. The Hall–Kier alpha value is -1.23. The maximum absolute atomic E-state index is 11.9. The van der Waals surface area contributed by atoms with Crippen LogP contribution >= 0.6 is 0 Å². The lowest BCUT2D eigenvalue weighted by atomic mass is 9.98. The first-order valence-electron chi connectivity index (χ1n) is 6.27. The molecule has 2 N–H and O–H groups in total. The maximum atomic E-state index is 11.9. The highest BCUT2D eigenvalue weighted by Gasteiger charge is 2.22. The predicted octanol–water partition coefficient (Wildman–Crippen LogP) is 1.40. The van der Waals surface area contributed by atoms with E-state index in [1.54, 1.807) is 13.8 Å². The van der Waals surface area contributed by atoms with Gasteiger partial charge in [0.1, 0.15) is 5.78 Å². The summed E-state index contributed by atoms with van der Waals surface area (Å²) in [7, 11) is 0. The molecule has 1 atom stereocenters. The quantitative estimate of drug-likeness (QED) is 0.652. The van der Waals surface area contributed by atoms with E-state index in [1.165, 1.54) is 0 Å². The second-order valence-electron chi connectivity index (χ2n) is 5.06. The molecule has 0 spiro atoms. The van der Waals surface area contributed by atoms with E-state index < -0.39 is 12.0 Å². The number of hydrogen-bond donors (Lipinski definition) is 2. The molecule has 0 aliphatic rings. The van der Waals surface area contributed by atoms with E-state index in [2.05, 4.69) is 5.32 Å². The van der Waals surface area contributed by atoms with Gasteiger partial charge in [0.2, 0.25) is 0 Å². The zero-order valence-corrected chi connectivity index (χ0v) is 11.5. The second-order valence-corrected chi connectivity index (χ2v) is 5.06. The molecule has 0 unspecified atom stereocenters. The molecule has 5 heteroatoms. The van der Waals surface area contributed by atoms with Crippen LogP contribution in [-0.4, -0.2) is 34.7 Å². The Bertz CT molecular complexity index is 310. The van der Waals surface area contributed by atoms with Crippen LogP contribution in [0.1, 0.15) is 47.0 Å². The topological polar surface area (TPSA) is 83.5 Å². The van der Waals surface area contributed by atoms with Crippen LogP contribution in [0.3, 0.4) is 0 Å². The first kappa shape index (κ1) is 16.8. The summed E-state index contributed by atoms with van der Waals surface area (Å²) >= 11 is 0. The van der Waals surface area contributed by atoms with Crippen molar-refractivity contribution in [3.8, 4) is 0 Å². The lowest BCUT2D eigenvalue weighted by molar-refractivity contribution is -0.139. The number of carbonyl (C=O) groups excluding carboxylic acids is 2. The van der Waals surface area contributed by atoms with E-state index in [4.69, 9.17) is 5.11 Å². The van der Waals surface area contributed by atoms with Crippen molar-refractivity contribution in [1.82, 2.24) is 5.32 Å². The molecule has 0 radical (unpaired) electrons. The summed E-state index contributed by atoms with van der Waals surface area (Å²) in [4.78, 5) is 34.0. The Morgan fingerprint density at radius 1 is 1.00 bits per heavy atom. The number of hydrogen-bond acceptors (Lipinski definition) is 4. The van der Waals surface area contributed by atoms with Crippen molar-refractivity contribution in [2.24, 2.45) is 5.92 Å². The number of Topliss-reactive ketones (excluding diaryl/α,β-unsaturated/α-hetero) is 2. The number of rotatable bonds is 9. The van der Waals surface area contributed by atoms with Crippen LogP contribution < -0.4 is 5.32 Å². The summed E-state index contributed by atoms with van der Waals surface area (Å²) < 4.78 is 0. The van der Waals surface area contributed by atoms with Crippen LogP contribution in [0.2, 0.25) is 0 Å².